The van der Waals surface area contributed by atoms with Gasteiger partial charge in [0.1, 0.15) is 6.54 Å². The SMILES string of the molecule is CC(C)c1ccc(NC(=O)CN2CCN(c3ccc4c(c3)OCO4)C2=O)cc1. The van der Waals surface area contributed by atoms with E-state index >= 15 is 0 Å². The van der Waals surface area contributed by atoms with Gasteiger partial charge in [0.05, 0.1) is 0 Å². The Hall–Kier alpha value is -3.22. The van der Waals surface area contributed by atoms with Gasteiger partial charge in [0.2, 0.25) is 12.7 Å². The second-order valence-electron chi connectivity index (χ2n) is 7.22. The minimum absolute atomic E-state index is 0.0197. The number of rotatable bonds is 5. The molecular formula is C21H23N3O4. The summed E-state index contributed by atoms with van der Waals surface area (Å²) in [4.78, 5) is 28.3. The molecule has 146 valence electrons. The molecule has 2 aliphatic heterocycles. The van der Waals surface area contributed by atoms with Gasteiger partial charge >= 0.3 is 6.03 Å². The first kappa shape index (κ1) is 18.2. The summed E-state index contributed by atoms with van der Waals surface area (Å²) in [6.45, 7) is 5.47. The quantitative estimate of drug-likeness (QED) is 0.862. The molecule has 0 aliphatic carbocycles. The highest BCUT2D eigenvalue weighted by Crippen LogP contribution is 2.36. The summed E-state index contributed by atoms with van der Waals surface area (Å²) in [6, 6.07) is 13.0. The van der Waals surface area contributed by atoms with Crippen molar-refractivity contribution in [1.82, 2.24) is 4.90 Å². The van der Waals surface area contributed by atoms with Crippen LogP contribution in [0.3, 0.4) is 0 Å². The molecule has 0 atom stereocenters. The Kier molecular flexibility index (Phi) is 4.81. The number of ether oxygens (including phenoxy) is 2. The highest BCUT2D eigenvalue weighted by Gasteiger charge is 2.31. The molecule has 0 aromatic heterocycles. The first-order valence-corrected chi connectivity index (χ1v) is 9.37. The summed E-state index contributed by atoms with van der Waals surface area (Å²) in [6.07, 6.45) is 0. The summed E-state index contributed by atoms with van der Waals surface area (Å²) in [5.74, 6) is 1.54. The minimum atomic E-state index is -0.210. The van der Waals surface area contributed by atoms with Crippen molar-refractivity contribution in [2.75, 3.05) is 36.6 Å². The number of amides is 3. The van der Waals surface area contributed by atoms with Crippen molar-refractivity contribution in [3.8, 4) is 11.5 Å². The largest absolute Gasteiger partial charge is 0.454 e. The van der Waals surface area contributed by atoms with Crippen molar-refractivity contribution >= 4 is 23.3 Å². The lowest BCUT2D eigenvalue weighted by Gasteiger charge is -2.19. The molecule has 0 saturated carbocycles. The van der Waals surface area contributed by atoms with E-state index in [0.717, 1.165) is 11.4 Å². The molecule has 2 aromatic carbocycles. The zero-order valence-corrected chi connectivity index (χ0v) is 16.0. The molecule has 0 radical (unpaired) electrons. The van der Waals surface area contributed by atoms with Crippen molar-refractivity contribution < 1.29 is 19.1 Å². The Labute approximate surface area is 163 Å². The molecule has 2 aromatic rings. The van der Waals surface area contributed by atoms with E-state index in [0.29, 0.717) is 30.5 Å². The van der Waals surface area contributed by atoms with E-state index in [1.54, 1.807) is 21.9 Å². The standard InChI is InChI=1S/C21H23N3O4/c1-14(2)15-3-5-16(6-4-15)22-20(25)12-23-9-10-24(21(23)26)17-7-8-18-19(11-17)28-13-27-18/h3-8,11,14H,9-10,12-13H2,1-2H3,(H,22,25). The molecule has 2 aliphatic rings. The van der Waals surface area contributed by atoms with Crippen LogP contribution in [0.15, 0.2) is 42.5 Å². The minimum Gasteiger partial charge on any atom is -0.454 e. The number of carbonyl (C=O) groups excluding carboxylic acids is 2. The Balaban J connectivity index is 1.36. The molecule has 0 bridgehead atoms. The number of hydrogen-bond acceptors (Lipinski definition) is 4. The summed E-state index contributed by atoms with van der Waals surface area (Å²) in [5.41, 5.74) is 2.68. The fourth-order valence-electron chi connectivity index (χ4n) is 3.35. The number of nitrogens with zero attached hydrogens (tertiary/aromatic N) is 2. The second-order valence-corrected chi connectivity index (χ2v) is 7.22. The normalized spacial score (nSPS) is 15.5. The highest BCUT2D eigenvalue weighted by atomic mass is 16.7. The Morgan fingerprint density at radius 2 is 1.82 bits per heavy atom. The number of carbonyl (C=O) groups is 2. The summed E-state index contributed by atoms with van der Waals surface area (Å²) in [7, 11) is 0. The van der Waals surface area contributed by atoms with Crippen LogP contribution in [0.2, 0.25) is 0 Å². The topological polar surface area (TPSA) is 71.1 Å². The molecule has 28 heavy (non-hydrogen) atoms. The fourth-order valence-corrected chi connectivity index (χ4v) is 3.35. The Morgan fingerprint density at radius 1 is 1.07 bits per heavy atom. The third-order valence-corrected chi connectivity index (χ3v) is 4.96. The first-order valence-electron chi connectivity index (χ1n) is 9.37. The van der Waals surface area contributed by atoms with Crippen LogP contribution in [0, 0.1) is 0 Å². The molecule has 3 amide bonds. The van der Waals surface area contributed by atoms with E-state index in [9.17, 15) is 9.59 Å². The predicted octanol–water partition coefficient (Wildman–Crippen LogP) is 3.42. The number of fused-ring (bicyclic) bond motifs is 1. The summed E-state index contributed by atoms with van der Waals surface area (Å²) < 4.78 is 10.7. The number of anilines is 2. The molecule has 1 N–H and O–H groups in total. The van der Waals surface area contributed by atoms with E-state index in [1.807, 2.05) is 30.3 Å². The van der Waals surface area contributed by atoms with Gasteiger partial charge in [0.25, 0.3) is 0 Å². The average molecular weight is 381 g/mol. The van der Waals surface area contributed by atoms with Crippen LogP contribution in [-0.2, 0) is 4.79 Å². The average Bonchev–Trinajstić information content (AvgIpc) is 3.28. The fraction of sp³-hybridized carbons (Fsp3) is 0.333. The van der Waals surface area contributed by atoms with Crippen LogP contribution < -0.4 is 19.7 Å². The van der Waals surface area contributed by atoms with Gasteiger partial charge in [0.15, 0.2) is 11.5 Å². The smallest absolute Gasteiger partial charge is 0.325 e. The molecule has 1 saturated heterocycles. The third kappa shape index (κ3) is 3.60. The maximum absolute atomic E-state index is 12.7. The van der Waals surface area contributed by atoms with E-state index in [4.69, 9.17) is 9.47 Å². The molecular weight excluding hydrogens is 358 g/mol. The Bertz CT molecular complexity index is 895. The molecule has 4 rings (SSSR count). The zero-order chi connectivity index (χ0) is 19.7. The lowest BCUT2D eigenvalue weighted by Crippen LogP contribution is -2.37. The number of urea groups is 1. The summed E-state index contributed by atoms with van der Waals surface area (Å²) in [5, 5.41) is 2.86. The highest BCUT2D eigenvalue weighted by molar-refractivity contribution is 5.99. The Morgan fingerprint density at radius 3 is 2.57 bits per heavy atom. The van der Waals surface area contributed by atoms with E-state index < -0.39 is 0 Å². The van der Waals surface area contributed by atoms with Gasteiger partial charge in [-0.3, -0.25) is 9.69 Å². The molecule has 0 unspecified atom stereocenters. The van der Waals surface area contributed by atoms with Crippen molar-refractivity contribution in [3.05, 3.63) is 48.0 Å². The van der Waals surface area contributed by atoms with Gasteiger partial charge in [-0.05, 0) is 35.7 Å². The van der Waals surface area contributed by atoms with Crippen molar-refractivity contribution in [1.29, 1.82) is 0 Å². The molecule has 2 heterocycles. The number of benzene rings is 2. The van der Waals surface area contributed by atoms with E-state index in [2.05, 4.69) is 19.2 Å². The molecule has 0 spiro atoms. The lowest BCUT2D eigenvalue weighted by atomic mass is 10.0. The van der Waals surface area contributed by atoms with Gasteiger partial charge < -0.3 is 19.7 Å². The van der Waals surface area contributed by atoms with E-state index in [1.165, 1.54) is 5.56 Å². The summed E-state index contributed by atoms with van der Waals surface area (Å²) >= 11 is 0. The van der Waals surface area contributed by atoms with Gasteiger partial charge in [-0.1, -0.05) is 26.0 Å². The monoisotopic (exact) mass is 381 g/mol. The van der Waals surface area contributed by atoms with Crippen LogP contribution in [0.4, 0.5) is 16.2 Å². The van der Waals surface area contributed by atoms with Crippen LogP contribution in [0.1, 0.15) is 25.3 Å². The lowest BCUT2D eigenvalue weighted by molar-refractivity contribution is -0.116. The van der Waals surface area contributed by atoms with E-state index in [-0.39, 0.29) is 25.3 Å². The third-order valence-electron chi connectivity index (χ3n) is 4.96. The van der Waals surface area contributed by atoms with Crippen LogP contribution in [0.25, 0.3) is 0 Å². The second kappa shape index (κ2) is 7.42. The van der Waals surface area contributed by atoms with Crippen molar-refractivity contribution in [2.24, 2.45) is 0 Å². The maximum Gasteiger partial charge on any atom is 0.325 e. The predicted molar refractivity (Wildman–Crippen MR) is 106 cm³/mol. The van der Waals surface area contributed by atoms with Gasteiger partial charge in [-0.15, -0.1) is 0 Å². The van der Waals surface area contributed by atoms with Crippen LogP contribution in [0.5, 0.6) is 11.5 Å². The molecule has 7 nitrogen and oxygen atoms in total. The maximum atomic E-state index is 12.7. The van der Waals surface area contributed by atoms with Gasteiger partial charge in [-0.2, -0.15) is 0 Å². The molecule has 7 heteroatoms. The van der Waals surface area contributed by atoms with Gasteiger partial charge in [-0.25, -0.2) is 4.79 Å². The number of nitrogens with one attached hydrogen (secondary N) is 1. The van der Waals surface area contributed by atoms with Crippen LogP contribution in [-0.4, -0.2) is 43.3 Å². The zero-order valence-electron chi connectivity index (χ0n) is 16.0. The van der Waals surface area contributed by atoms with Crippen LogP contribution >= 0.6 is 0 Å². The van der Waals surface area contributed by atoms with Gasteiger partial charge in [0, 0.05) is 30.5 Å². The van der Waals surface area contributed by atoms with Crippen molar-refractivity contribution in [3.63, 3.8) is 0 Å². The number of hydrogen-bond donors (Lipinski definition) is 1. The molecule has 1 fully saturated rings. The van der Waals surface area contributed by atoms with Crippen molar-refractivity contribution in [2.45, 2.75) is 19.8 Å². The first-order chi connectivity index (χ1) is 13.5.